The van der Waals surface area contributed by atoms with Crippen LogP contribution in [0.15, 0.2) is 24.3 Å². The van der Waals surface area contributed by atoms with Gasteiger partial charge in [-0.3, -0.25) is 14.4 Å². The Hall–Kier alpha value is -2.41. The molecule has 0 spiro atoms. The van der Waals surface area contributed by atoms with Gasteiger partial charge in [0, 0.05) is 37.7 Å². The molecule has 3 amide bonds. The predicted octanol–water partition coefficient (Wildman–Crippen LogP) is -0.340. The molecule has 1 fully saturated rings. The molecule has 0 radical (unpaired) electrons. The number of nitrogens with zero attached hydrogens (tertiary/aromatic N) is 1. The minimum absolute atomic E-state index is 0.0392. The third-order valence-electron chi connectivity index (χ3n) is 4.17. The van der Waals surface area contributed by atoms with Crippen LogP contribution in [-0.4, -0.2) is 55.3 Å². The molecule has 0 aromatic heterocycles. The summed E-state index contributed by atoms with van der Waals surface area (Å²) in [5.74, 6) is -0.333. The van der Waals surface area contributed by atoms with Gasteiger partial charge in [0.15, 0.2) is 0 Å². The zero-order valence-electron chi connectivity index (χ0n) is 12.8. The maximum absolute atomic E-state index is 12.1. The fraction of sp³-hybridized carbons (Fsp3) is 0.438. The zero-order chi connectivity index (χ0) is 16.2. The Morgan fingerprint density at radius 2 is 2.13 bits per heavy atom. The van der Waals surface area contributed by atoms with E-state index in [9.17, 15) is 14.4 Å². The van der Waals surface area contributed by atoms with Crippen LogP contribution in [0.4, 0.5) is 5.69 Å². The highest BCUT2D eigenvalue weighted by Crippen LogP contribution is 2.31. The summed E-state index contributed by atoms with van der Waals surface area (Å²) in [6, 6.07) is 7.62. The lowest BCUT2D eigenvalue weighted by Gasteiger charge is -2.28. The van der Waals surface area contributed by atoms with Gasteiger partial charge < -0.3 is 20.9 Å². The summed E-state index contributed by atoms with van der Waals surface area (Å²) in [5.41, 5.74) is 1.84. The van der Waals surface area contributed by atoms with Crippen LogP contribution in [0.2, 0.25) is 0 Å². The highest BCUT2D eigenvalue weighted by atomic mass is 16.2. The number of piperazine rings is 1. The Kier molecular flexibility index (Phi) is 4.57. The summed E-state index contributed by atoms with van der Waals surface area (Å²) in [7, 11) is 0. The van der Waals surface area contributed by atoms with Gasteiger partial charge >= 0.3 is 0 Å². The molecule has 7 heteroatoms. The van der Waals surface area contributed by atoms with Crippen LogP contribution >= 0.6 is 0 Å². The van der Waals surface area contributed by atoms with Gasteiger partial charge in [0.05, 0.1) is 13.1 Å². The van der Waals surface area contributed by atoms with Gasteiger partial charge in [0.1, 0.15) is 0 Å². The number of carbonyl (C=O) groups is 3. The maximum Gasteiger partial charge on any atom is 0.239 e. The van der Waals surface area contributed by atoms with Crippen molar-refractivity contribution >= 4 is 23.4 Å². The van der Waals surface area contributed by atoms with Crippen molar-refractivity contribution in [2.24, 2.45) is 0 Å². The van der Waals surface area contributed by atoms with Crippen LogP contribution in [0.3, 0.4) is 0 Å². The molecule has 122 valence electrons. The Bertz CT molecular complexity index is 632. The summed E-state index contributed by atoms with van der Waals surface area (Å²) in [5, 5.41) is 8.66. The van der Waals surface area contributed by atoms with Crippen LogP contribution in [0.1, 0.15) is 17.9 Å². The average Bonchev–Trinajstić information content (AvgIpc) is 2.54. The summed E-state index contributed by atoms with van der Waals surface area (Å²) in [6.07, 6.45) is 0.351. The van der Waals surface area contributed by atoms with E-state index in [0.717, 1.165) is 11.3 Å². The van der Waals surface area contributed by atoms with Crippen LogP contribution < -0.4 is 16.0 Å². The van der Waals surface area contributed by atoms with E-state index in [2.05, 4.69) is 16.0 Å². The summed E-state index contributed by atoms with van der Waals surface area (Å²) in [4.78, 5) is 37.0. The molecule has 0 saturated carbocycles. The number of hydrogen-bond donors (Lipinski definition) is 3. The third kappa shape index (κ3) is 3.68. The first-order valence-corrected chi connectivity index (χ1v) is 7.77. The monoisotopic (exact) mass is 316 g/mol. The highest BCUT2D eigenvalue weighted by molar-refractivity contribution is 5.95. The van der Waals surface area contributed by atoms with Crippen molar-refractivity contribution < 1.29 is 14.4 Å². The van der Waals surface area contributed by atoms with E-state index in [1.165, 1.54) is 0 Å². The topological polar surface area (TPSA) is 90.5 Å². The van der Waals surface area contributed by atoms with Gasteiger partial charge in [0.2, 0.25) is 17.7 Å². The van der Waals surface area contributed by atoms with Crippen molar-refractivity contribution in [3.63, 3.8) is 0 Å². The van der Waals surface area contributed by atoms with Crippen molar-refractivity contribution in [3.8, 4) is 0 Å². The Balaban J connectivity index is 1.57. The van der Waals surface area contributed by atoms with Gasteiger partial charge in [-0.15, -0.1) is 0 Å². The number of para-hydroxylation sites is 1. The molecule has 3 rings (SSSR count). The summed E-state index contributed by atoms with van der Waals surface area (Å²) >= 11 is 0. The lowest BCUT2D eigenvalue weighted by Crippen LogP contribution is -2.51. The quantitative estimate of drug-likeness (QED) is 0.709. The minimum atomic E-state index is -0.191. The largest absolute Gasteiger partial charge is 0.354 e. The number of anilines is 1. The van der Waals surface area contributed by atoms with E-state index < -0.39 is 0 Å². The molecule has 1 atom stereocenters. The number of benzene rings is 1. The van der Waals surface area contributed by atoms with E-state index in [-0.39, 0.29) is 36.7 Å². The first-order valence-electron chi connectivity index (χ1n) is 7.77. The molecule has 2 aliphatic rings. The lowest BCUT2D eigenvalue weighted by molar-refractivity contribution is -0.136. The van der Waals surface area contributed by atoms with Gasteiger partial charge in [-0.05, 0) is 11.6 Å². The molecule has 2 heterocycles. The van der Waals surface area contributed by atoms with Crippen LogP contribution in [0.25, 0.3) is 0 Å². The van der Waals surface area contributed by atoms with Gasteiger partial charge in [-0.1, -0.05) is 18.2 Å². The van der Waals surface area contributed by atoms with Crippen LogP contribution in [0.5, 0.6) is 0 Å². The lowest BCUT2D eigenvalue weighted by atomic mass is 9.90. The number of carbonyl (C=O) groups excluding carboxylic acids is 3. The second-order valence-electron chi connectivity index (χ2n) is 5.83. The van der Waals surface area contributed by atoms with Crippen LogP contribution in [0, 0.1) is 0 Å². The fourth-order valence-electron chi connectivity index (χ4n) is 2.96. The predicted molar refractivity (Wildman–Crippen MR) is 84.9 cm³/mol. The molecular weight excluding hydrogens is 296 g/mol. The number of hydrogen-bond acceptors (Lipinski definition) is 4. The first-order chi connectivity index (χ1) is 11.1. The van der Waals surface area contributed by atoms with Crippen molar-refractivity contribution in [2.45, 2.75) is 12.3 Å². The van der Waals surface area contributed by atoms with Gasteiger partial charge in [-0.25, -0.2) is 0 Å². The standard InChI is InChI=1S/C16H20N4O3/c21-14-7-11(12-3-1-2-4-13(12)19-14)8-18-15(22)10-20-6-5-17-9-16(20)23/h1-4,11,17H,5-10H2,(H,18,22)(H,19,21)/t11-/m0/s1. The van der Waals surface area contributed by atoms with Crippen molar-refractivity contribution in [1.29, 1.82) is 0 Å². The van der Waals surface area contributed by atoms with E-state index >= 15 is 0 Å². The van der Waals surface area contributed by atoms with Crippen molar-refractivity contribution in [2.75, 3.05) is 38.0 Å². The average molecular weight is 316 g/mol. The summed E-state index contributed by atoms with van der Waals surface area (Å²) < 4.78 is 0. The molecule has 0 aliphatic carbocycles. The van der Waals surface area contributed by atoms with Gasteiger partial charge in [-0.2, -0.15) is 0 Å². The van der Waals surface area contributed by atoms with Crippen LogP contribution in [-0.2, 0) is 14.4 Å². The molecule has 3 N–H and O–H groups in total. The van der Waals surface area contributed by atoms with E-state index in [4.69, 9.17) is 0 Å². The maximum atomic E-state index is 12.1. The summed E-state index contributed by atoms with van der Waals surface area (Å²) in [6.45, 7) is 1.99. The highest BCUT2D eigenvalue weighted by Gasteiger charge is 2.26. The molecule has 1 saturated heterocycles. The Morgan fingerprint density at radius 1 is 1.30 bits per heavy atom. The second-order valence-corrected chi connectivity index (χ2v) is 5.83. The number of amides is 3. The normalized spacial score (nSPS) is 20.7. The molecule has 0 bridgehead atoms. The smallest absolute Gasteiger partial charge is 0.239 e. The fourth-order valence-corrected chi connectivity index (χ4v) is 2.96. The molecule has 2 aliphatic heterocycles. The SMILES string of the molecule is O=C(CN1CCNCC1=O)NC[C@@H]1CC(=O)Nc2ccccc21. The van der Waals surface area contributed by atoms with E-state index in [1.807, 2.05) is 24.3 Å². The molecule has 0 unspecified atom stereocenters. The first kappa shape index (κ1) is 15.5. The number of nitrogens with one attached hydrogen (secondary N) is 3. The van der Waals surface area contributed by atoms with E-state index in [1.54, 1.807) is 4.90 Å². The minimum Gasteiger partial charge on any atom is -0.354 e. The second kappa shape index (κ2) is 6.78. The van der Waals surface area contributed by atoms with Gasteiger partial charge in [0.25, 0.3) is 0 Å². The molecule has 1 aromatic carbocycles. The Labute approximate surface area is 134 Å². The molecule has 1 aromatic rings. The molecular formula is C16H20N4O3. The number of fused-ring (bicyclic) bond motifs is 1. The Morgan fingerprint density at radius 3 is 2.96 bits per heavy atom. The number of rotatable bonds is 4. The van der Waals surface area contributed by atoms with E-state index in [0.29, 0.717) is 26.1 Å². The van der Waals surface area contributed by atoms with Crippen molar-refractivity contribution in [3.05, 3.63) is 29.8 Å². The zero-order valence-corrected chi connectivity index (χ0v) is 12.8. The van der Waals surface area contributed by atoms with Crippen molar-refractivity contribution in [1.82, 2.24) is 15.5 Å². The third-order valence-corrected chi connectivity index (χ3v) is 4.17. The molecule has 23 heavy (non-hydrogen) atoms. The molecule has 7 nitrogen and oxygen atoms in total.